The lowest BCUT2D eigenvalue weighted by Gasteiger charge is -2.31. The molecule has 0 aliphatic heterocycles. The van der Waals surface area contributed by atoms with E-state index in [4.69, 9.17) is 4.74 Å². The number of hydrogen-bond donors (Lipinski definition) is 1. The van der Waals surface area contributed by atoms with Crippen LogP contribution in [0.2, 0.25) is 0 Å². The Hall–Kier alpha value is -0.730. The number of hydrogen-bond acceptors (Lipinski definition) is 2. The third kappa shape index (κ3) is 1.21. The first kappa shape index (κ1) is 9.49. The Bertz CT molecular complexity index is 273. The summed E-state index contributed by atoms with van der Waals surface area (Å²) in [7, 11) is 1.46. The number of methoxy groups -OCH3 is 1. The summed E-state index contributed by atoms with van der Waals surface area (Å²) in [6.45, 7) is 0. The Morgan fingerprint density at radius 1 is 1.20 bits per heavy atom. The van der Waals surface area contributed by atoms with Crippen LogP contribution in [0.3, 0.4) is 0 Å². The van der Waals surface area contributed by atoms with Gasteiger partial charge in [0.15, 0.2) is 0 Å². The normalized spacial score (nSPS) is 46.6. The fraction of sp³-hybridized carbons (Fsp3) is 0.917. The number of rotatable bonds is 1. The number of alkyl carbamates (subject to hydrolysis) is 1. The molecule has 0 heterocycles. The number of ether oxygens (including phenoxy) is 1. The molecule has 2 unspecified atom stereocenters. The van der Waals surface area contributed by atoms with Gasteiger partial charge in [0.25, 0.3) is 0 Å². The Morgan fingerprint density at radius 2 is 1.80 bits per heavy atom. The highest BCUT2D eigenvalue weighted by Crippen LogP contribution is 2.60. The van der Waals surface area contributed by atoms with Crippen molar-refractivity contribution in [2.75, 3.05) is 7.11 Å². The van der Waals surface area contributed by atoms with E-state index in [1.54, 1.807) is 0 Å². The number of amides is 1. The minimum atomic E-state index is -0.233. The van der Waals surface area contributed by atoms with Gasteiger partial charge in [0, 0.05) is 5.54 Å². The van der Waals surface area contributed by atoms with Gasteiger partial charge in [-0.25, -0.2) is 4.79 Å². The van der Waals surface area contributed by atoms with Gasteiger partial charge in [0.05, 0.1) is 7.11 Å². The molecule has 3 aliphatic rings. The molecule has 1 amide bonds. The van der Waals surface area contributed by atoms with Crippen LogP contribution in [0.4, 0.5) is 4.79 Å². The van der Waals surface area contributed by atoms with Crippen molar-refractivity contribution in [1.29, 1.82) is 0 Å². The van der Waals surface area contributed by atoms with E-state index < -0.39 is 0 Å². The molecule has 0 aromatic rings. The quantitative estimate of drug-likeness (QED) is 0.719. The molecule has 3 nitrogen and oxygen atoms in total. The van der Waals surface area contributed by atoms with E-state index in [0.717, 1.165) is 17.8 Å². The van der Waals surface area contributed by atoms with Crippen LogP contribution in [0.25, 0.3) is 0 Å². The van der Waals surface area contributed by atoms with Crippen molar-refractivity contribution in [3.8, 4) is 0 Å². The van der Waals surface area contributed by atoms with Crippen LogP contribution in [0.1, 0.15) is 38.5 Å². The van der Waals surface area contributed by atoms with E-state index in [0.29, 0.717) is 0 Å². The molecule has 84 valence electrons. The average Bonchev–Trinajstić information content (AvgIpc) is 2.84. The molecule has 1 N–H and O–H groups in total. The van der Waals surface area contributed by atoms with E-state index in [-0.39, 0.29) is 11.6 Å². The summed E-state index contributed by atoms with van der Waals surface area (Å²) in [5.41, 5.74) is 0.110. The van der Waals surface area contributed by atoms with Crippen molar-refractivity contribution in [2.45, 2.75) is 44.1 Å². The van der Waals surface area contributed by atoms with Gasteiger partial charge < -0.3 is 10.1 Å². The fourth-order valence-electron chi connectivity index (χ4n) is 4.53. The van der Waals surface area contributed by atoms with E-state index in [1.807, 2.05) is 0 Å². The predicted octanol–water partition coefficient (Wildman–Crippen LogP) is 2.31. The maximum absolute atomic E-state index is 11.4. The summed E-state index contributed by atoms with van der Waals surface area (Å²) in [6.07, 6.45) is 7.51. The highest BCUT2D eigenvalue weighted by molar-refractivity contribution is 5.68. The smallest absolute Gasteiger partial charge is 0.407 e. The lowest BCUT2D eigenvalue weighted by molar-refractivity contribution is 0.146. The van der Waals surface area contributed by atoms with Crippen LogP contribution in [0.15, 0.2) is 0 Å². The average molecular weight is 209 g/mol. The minimum absolute atomic E-state index is 0.110. The summed E-state index contributed by atoms with van der Waals surface area (Å²) in [5.74, 6) is 2.53. The maximum Gasteiger partial charge on any atom is 0.407 e. The SMILES string of the molecule is COC(=O)NC12CC[C@H]3CC[C@@H](CC1)C32. The van der Waals surface area contributed by atoms with E-state index in [1.165, 1.54) is 45.6 Å². The molecule has 3 rings (SSSR count). The summed E-state index contributed by atoms with van der Waals surface area (Å²) in [6, 6.07) is 0. The standard InChI is InChI=1S/C12H19NO2/c1-15-11(14)13-12-6-4-8-2-3-9(5-7-12)10(8)12/h8-10H,2-7H2,1H3,(H,13,14)/t8-,9+,10?,12?. The summed E-state index contributed by atoms with van der Waals surface area (Å²) < 4.78 is 4.76. The molecule has 0 radical (unpaired) electrons. The molecule has 3 fully saturated rings. The molecular formula is C12H19NO2. The monoisotopic (exact) mass is 209 g/mol. The van der Waals surface area contributed by atoms with Crippen molar-refractivity contribution in [2.24, 2.45) is 17.8 Å². The molecule has 0 spiro atoms. The zero-order chi connectivity index (χ0) is 10.5. The lowest BCUT2D eigenvalue weighted by atomic mass is 9.86. The second-order valence-electron chi connectivity index (χ2n) is 5.47. The molecular weight excluding hydrogens is 190 g/mol. The summed E-state index contributed by atoms with van der Waals surface area (Å²) in [5, 5.41) is 3.14. The van der Waals surface area contributed by atoms with Gasteiger partial charge in [-0.15, -0.1) is 0 Å². The van der Waals surface area contributed by atoms with Crippen LogP contribution in [-0.2, 0) is 4.74 Å². The summed E-state index contributed by atoms with van der Waals surface area (Å²) in [4.78, 5) is 11.4. The highest BCUT2D eigenvalue weighted by atomic mass is 16.5. The molecule has 0 bridgehead atoms. The van der Waals surface area contributed by atoms with Crippen molar-refractivity contribution in [3.05, 3.63) is 0 Å². The second kappa shape index (κ2) is 3.13. The highest BCUT2D eigenvalue weighted by Gasteiger charge is 2.58. The fourth-order valence-corrected chi connectivity index (χ4v) is 4.53. The van der Waals surface area contributed by atoms with Crippen LogP contribution in [0.5, 0.6) is 0 Å². The zero-order valence-electron chi connectivity index (χ0n) is 9.29. The predicted molar refractivity (Wildman–Crippen MR) is 56.4 cm³/mol. The number of carbonyl (C=O) groups excluding carboxylic acids is 1. The molecule has 0 aromatic carbocycles. The van der Waals surface area contributed by atoms with Gasteiger partial charge in [0.1, 0.15) is 0 Å². The van der Waals surface area contributed by atoms with Crippen molar-refractivity contribution in [1.82, 2.24) is 5.32 Å². The summed E-state index contributed by atoms with van der Waals surface area (Å²) >= 11 is 0. The van der Waals surface area contributed by atoms with Crippen LogP contribution in [0, 0.1) is 17.8 Å². The molecule has 0 saturated heterocycles. The molecule has 15 heavy (non-hydrogen) atoms. The zero-order valence-corrected chi connectivity index (χ0v) is 9.29. The van der Waals surface area contributed by atoms with Gasteiger partial charge in [0.2, 0.25) is 0 Å². The molecule has 0 aromatic heterocycles. The van der Waals surface area contributed by atoms with Gasteiger partial charge in [-0.1, -0.05) is 0 Å². The van der Waals surface area contributed by atoms with Gasteiger partial charge in [-0.05, 0) is 56.3 Å². The van der Waals surface area contributed by atoms with Crippen LogP contribution >= 0.6 is 0 Å². The number of carbonyl (C=O) groups is 1. The van der Waals surface area contributed by atoms with Crippen LogP contribution in [-0.4, -0.2) is 18.7 Å². The largest absolute Gasteiger partial charge is 0.453 e. The third-order valence-electron chi connectivity index (χ3n) is 5.02. The minimum Gasteiger partial charge on any atom is -0.453 e. The van der Waals surface area contributed by atoms with E-state index in [9.17, 15) is 4.79 Å². The molecule has 4 atom stereocenters. The Balaban J connectivity index is 1.83. The molecule has 3 saturated carbocycles. The Morgan fingerprint density at radius 3 is 2.33 bits per heavy atom. The van der Waals surface area contributed by atoms with Gasteiger partial charge in [-0.3, -0.25) is 0 Å². The first-order valence-electron chi connectivity index (χ1n) is 6.11. The topological polar surface area (TPSA) is 38.3 Å². The maximum atomic E-state index is 11.4. The van der Waals surface area contributed by atoms with Crippen molar-refractivity contribution < 1.29 is 9.53 Å². The van der Waals surface area contributed by atoms with E-state index >= 15 is 0 Å². The Labute approximate surface area is 90.6 Å². The number of nitrogens with one attached hydrogen (secondary N) is 1. The lowest BCUT2D eigenvalue weighted by Crippen LogP contribution is -2.49. The van der Waals surface area contributed by atoms with Gasteiger partial charge in [-0.2, -0.15) is 0 Å². The molecule has 3 aliphatic carbocycles. The van der Waals surface area contributed by atoms with Crippen molar-refractivity contribution in [3.63, 3.8) is 0 Å². The Kier molecular flexibility index (Phi) is 1.98. The second-order valence-corrected chi connectivity index (χ2v) is 5.47. The van der Waals surface area contributed by atoms with E-state index in [2.05, 4.69) is 5.32 Å². The van der Waals surface area contributed by atoms with Gasteiger partial charge >= 0.3 is 6.09 Å². The third-order valence-corrected chi connectivity index (χ3v) is 5.02. The van der Waals surface area contributed by atoms with Crippen LogP contribution < -0.4 is 5.32 Å². The van der Waals surface area contributed by atoms with Crippen molar-refractivity contribution >= 4 is 6.09 Å². The first-order chi connectivity index (χ1) is 7.25. The molecule has 3 heteroatoms. The first-order valence-corrected chi connectivity index (χ1v) is 6.11.